The third-order valence-electron chi connectivity index (χ3n) is 4.73. The van der Waals surface area contributed by atoms with Gasteiger partial charge in [-0.15, -0.1) is 11.3 Å². The quantitative estimate of drug-likeness (QED) is 0.644. The predicted molar refractivity (Wildman–Crippen MR) is 92.4 cm³/mol. The van der Waals surface area contributed by atoms with Crippen LogP contribution < -0.4 is 10.6 Å². The van der Waals surface area contributed by atoms with Crippen molar-refractivity contribution >= 4 is 27.9 Å². The normalized spacial score (nSPS) is 22.1. The van der Waals surface area contributed by atoms with Crippen molar-refractivity contribution in [3.8, 4) is 0 Å². The van der Waals surface area contributed by atoms with Crippen LogP contribution in [0.1, 0.15) is 45.9 Å². The lowest BCUT2D eigenvalue weighted by molar-refractivity contribution is -0.384. The first-order valence-electron chi connectivity index (χ1n) is 7.99. The molecule has 1 aromatic heterocycles. The Hall–Kier alpha value is -2.41. The molecule has 4 rings (SSSR count). The molecular weight excluding hydrogens is 326 g/mol. The lowest BCUT2D eigenvalue weighted by atomic mass is 9.88. The van der Waals surface area contributed by atoms with E-state index in [9.17, 15) is 14.9 Å². The van der Waals surface area contributed by atoms with Gasteiger partial charge in [-0.1, -0.05) is 6.92 Å². The van der Waals surface area contributed by atoms with E-state index in [4.69, 9.17) is 0 Å². The maximum atomic E-state index is 12.6. The monoisotopic (exact) mass is 343 g/mol. The minimum atomic E-state index is -0.427. The highest BCUT2D eigenvalue weighted by molar-refractivity contribution is 7.16. The molecule has 0 fully saturated rings. The molecule has 1 aliphatic carbocycles. The molecule has 1 aromatic carbocycles. The van der Waals surface area contributed by atoms with E-state index in [1.165, 1.54) is 22.6 Å². The summed E-state index contributed by atoms with van der Waals surface area (Å²) in [6, 6.07) is 6.27. The zero-order valence-electron chi connectivity index (χ0n) is 13.2. The number of nitrogens with one attached hydrogen (secondary N) is 2. The fourth-order valence-electron chi connectivity index (χ4n) is 3.42. The number of anilines is 1. The highest BCUT2D eigenvalue weighted by Crippen LogP contribution is 2.42. The second kappa shape index (κ2) is 5.59. The molecular formula is C17H17N3O3S. The third-order valence-corrected chi connectivity index (χ3v) is 5.91. The molecule has 2 N–H and O–H groups in total. The topological polar surface area (TPSA) is 84.3 Å². The van der Waals surface area contributed by atoms with Crippen molar-refractivity contribution in [2.24, 2.45) is 5.92 Å². The fourth-order valence-corrected chi connectivity index (χ4v) is 4.85. The van der Waals surface area contributed by atoms with E-state index in [1.54, 1.807) is 23.5 Å². The van der Waals surface area contributed by atoms with Gasteiger partial charge < -0.3 is 10.6 Å². The van der Waals surface area contributed by atoms with Crippen molar-refractivity contribution in [3.63, 3.8) is 0 Å². The summed E-state index contributed by atoms with van der Waals surface area (Å²) in [5, 5.41) is 18.0. The Morgan fingerprint density at radius 2 is 2.00 bits per heavy atom. The zero-order valence-corrected chi connectivity index (χ0v) is 14.0. The van der Waals surface area contributed by atoms with Gasteiger partial charge in [-0.25, -0.2) is 0 Å². The Bertz CT molecular complexity index is 828. The molecule has 0 spiro atoms. The molecule has 0 saturated heterocycles. The Morgan fingerprint density at radius 1 is 1.25 bits per heavy atom. The van der Waals surface area contributed by atoms with Crippen molar-refractivity contribution in [2.45, 2.75) is 32.4 Å². The van der Waals surface area contributed by atoms with Gasteiger partial charge in [0.15, 0.2) is 0 Å². The van der Waals surface area contributed by atoms with Crippen molar-refractivity contribution in [2.75, 3.05) is 5.32 Å². The number of hydrogen-bond acceptors (Lipinski definition) is 5. The largest absolute Gasteiger partial charge is 0.353 e. The summed E-state index contributed by atoms with van der Waals surface area (Å²) in [7, 11) is 0. The van der Waals surface area contributed by atoms with Crippen LogP contribution in [0.4, 0.5) is 10.7 Å². The summed E-state index contributed by atoms with van der Waals surface area (Å²) < 4.78 is 0. The smallest absolute Gasteiger partial charge is 0.269 e. The van der Waals surface area contributed by atoms with Gasteiger partial charge in [0.1, 0.15) is 11.2 Å². The highest BCUT2D eigenvalue weighted by Gasteiger charge is 2.33. The number of nitro benzene ring substituents is 1. The van der Waals surface area contributed by atoms with Crippen molar-refractivity contribution < 1.29 is 9.72 Å². The maximum Gasteiger partial charge on any atom is 0.269 e. The second-order valence-electron chi connectivity index (χ2n) is 6.46. The third kappa shape index (κ3) is 2.45. The summed E-state index contributed by atoms with van der Waals surface area (Å²) in [6.07, 6.45) is 2.75. The summed E-state index contributed by atoms with van der Waals surface area (Å²) in [5.74, 6) is 0.602. The van der Waals surface area contributed by atoms with E-state index in [0.29, 0.717) is 5.92 Å². The van der Waals surface area contributed by atoms with E-state index in [0.717, 1.165) is 35.4 Å². The number of non-ortho nitro benzene ring substituents is 1. The van der Waals surface area contributed by atoms with Crippen LogP contribution >= 0.6 is 11.3 Å². The summed E-state index contributed by atoms with van der Waals surface area (Å²) in [5.41, 5.74) is 2.84. The molecule has 0 bridgehead atoms. The molecule has 1 amide bonds. The highest BCUT2D eigenvalue weighted by atomic mass is 32.1. The predicted octanol–water partition coefficient (Wildman–Crippen LogP) is 3.64. The molecule has 7 heteroatoms. The van der Waals surface area contributed by atoms with Crippen LogP contribution in [0.5, 0.6) is 0 Å². The maximum absolute atomic E-state index is 12.6. The van der Waals surface area contributed by atoms with Crippen LogP contribution in [0.25, 0.3) is 0 Å². The summed E-state index contributed by atoms with van der Waals surface area (Å²) in [6.45, 7) is 2.24. The zero-order chi connectivity index (χ0) is 16.8. The first-order valence-corrected chi connectivity index (χ1v) is 8.81. The Balaban J connectivity index is 1.64. The molecule has 0 saturated carbocycles. The van der Waals surface area contributed by atoms with Crippen LogP contribution in [0, 0.1) is 16.0 Å². The van der Waals surface area contributed by atoms with Crippen LogP contribution in [0.2, 0.25) is 0 Å². The molecule has 1 aliphatic heterocycles. The van der Waals surface area contributed by atoms with Gasteiger partial charge in [-0.2, -0.15) is 0 Å². The summed E-state index contributed by atoms with van der Waals surface area (Å²) in [4.78, 5) is 24.3. The number of carbonyl (C=O) groups is 1. The Morgan fingerprint density at radius 3 is 2.71 bits per heavy atom. The van der Waals surface area contributed by atoms with Crippen molar-refractivity contribution in [3.05, 3.63) is 55.9 Å². The van der Waals surface area contributed by atoms with Crippen LogP contribution in [-0.4, -0.2) is 10.8 Å². The molecule has 0 radical (unpaired) electrons. The number of thiophene rings is 1. The number of hydrogen-bond donors (Lipinski definition) is 2. The van der Waals surface area contributed by atoms with E-state index >= 15 is 0 Å². The number of rotatable bonds is 2. The lowest BCUT2D eigenvalue weighted by Gasteiger charge is -2.27. The Labute approximate surface area is 143 Å². The average molecular weight is 343 g/mol. The number of fused-ring (bicyclic) bond motifs is 3. The summed E-state index contributed by atoms with van der Waals surface area (Å²) >= 11 is 1.67. The molecule has 2 aliphatic rings. The van der Waals surface area contributed by atoms with Gasteiger partial charge in [-0.05, 0) is 48.4 Å². The molecule has 2 atom stereocenters. The molecule has 2 heterocycles. The molecule has 0 unspecified atom stereocenters. The van der Waals surface area contributed by atoms with Crippen LogP contribution in [0.3, 0.4) is 0 Å². The van der Waals surface area contributed by atoms with Crippen molar-refractivity contribution in [1.29, 1.82) is 0 Å². The molecule has 2 aromatic rings. The van der Waals surface area contributed by atoms with Crippen LogP contribution in [-0.2, 0) is 12.8 Å². The molecule has 124 valence electrons. The SMILES string of the molecule is C[C@H]1CCc2c(sc3c2C(=O)N[C@H](c2ccc([N+](=O)[O-])cc2)N3)C1. The number of amides is 1. The Kier molecular flexibility index (Phi) is 3.53. The number of nitro groups is 1. The minimum absolute atomic E-state index is 0.0437. The van der Waals surface area contributed by atoms with E-state index < -0.39 is 4.92 Å². The minimum Gasteiger partial charge on any atom is -0.353 e. The van der Waals surface area contributed by atoms with Crippen molar-refractivity contribution in [1.82, 2.24) is 5.32 Å². The number of nitrogens with zero attached hydrogens (tertiary/aromatic N) is 1. The standard InChI is InChI=1S/C17H17N3O3S/c1-9-2-7-12-13(8-9)24-17-14(12)16(21)18-15(19-17)10-3-5-11(6-4-10)20(22)23/h3-6,9,15,19H,2,7-8H2,1H3,(H,18,21)/t9-,15-/m0/s1. The van der Waals surface area contributed by atoms with Crippen LogP contribution in [0.15, 0.2) is 24.3 Å². The number of benzene rings is 1. The van der Waals surface area contributed by atoms with Gasteiger partial charge in [0.25, 0.3) is 11.6 Å². The first kappa shape index (κ1) is 15.1. The van der Waals surface area contributed by atoms with E-state index in [2.05, 4.69) is 17.6 Å². The van der Waals surface area contributed by atoms with E-state index in [-0.39, 0.29) is 17.8 Å². The van der Waals surface area contributed by atoms with Gasteiger partial charge in [-0.3, -0.25) is 14.9 Å². The van der Waals surface area contributed by atoms with Gasteiger partial charge in [0.2, 0.25) is 0 Å². The van der Waals surface area contributed by atoms with Gasteiger partial charge in [0.05, 0.1) is 10.5 Å². The van der Waals surface area contributed by atoms with Gasteiger partial charge in [0, 0.05) is 17.0 Å². The second-order valence-corrected chi connectivity index (χ2v) is 7.56. The molecule has 6 nitrogen and oxygen atoms in total. The first-order chi connectivity index (χ1) is 11.5. The molecule has 24 heavy (non-hydrogen) atoms. The average Bonchev–Trinajstić information content (AvgIpc) is 2.92. The lowest BCUT2D eigenvalue weighted by Crippen LogP contribution is -2.38. The van der Waals surface area contributed by atoms with Gasteiger partial charge >= 0.3 is 0 Å². The van der Waals surface area contributed by atoms with E-state index in [1.807, 2.05) is 0 Å². The number of carbonyl (C=O) groups excluding carboxylic acids is 1. The fraction of sp³-hybridized carbons (Fsp3) is 0.353.